The highest BCUT2D eigenvalue weighted by molar-refractivity contribution is 5.85. The zero-order valence-electron chi connectivity index (χ0n) is 16.9. The normalized spacial score (nSPS) is 53.1. The summed E-state index contributed by atoms with van der Waals surface area (Å²) in [5, 5.41) is 32.8. The molecule has 0 amide bonds. The van der Waals surface area contributed by atoms with Crippen LogP contribution in [0.15, 0.2) is 11.6 Å². The highest BCUT2D eigenvalue weighted by Crippen LogP contribution is 2.69. The fourth-order valence-electron chi connectivity index (χ4n) is 8.49. The maximum Gasteiger partial charge on any atom is 0.331 e. The fourth-order valence-corrected chi connectivity index (χ4v) is 8.49. The zero-order chi connectivity index (χ0) is 19.7. The molecule has 0 spiro atoms. The quantitative estimate of drug-likeness (QED) is 0.631. The van der Waals surface area contributed by atoms with Gasteiger partial charge in [-0.25, -0.2) is 4.79 Å². The Labute approximate surface area is 167 Å². The van der Waals surface area contributed by atoms with Crippen LogP contribution in [-0.2, 0) is 9.53 Å². The Balaban J connectivity index is 1.48. The van der Waals surface area contributed by atoms with Crippen molar-refractivity contribution in [3.8, 4) is 0 Å². The number of fused-ring (bicyclic) bond motifs is 5. The zero-order valence-corrected chi connectivity index (χ0v) is 16.9. The van der Waals surface area contributed by atoms with Gasteiger partial charge in [-0.2, -0.15) is 0 Å². The summed E-state index contributed by atoms with van der Waals surface area (Å²) in [7, 11) is 0. The number of cyclic esters (lactones) is 1. The lowest BCUT2D eigenvalue weighted by Crippen LogP contribution is -2.63. The Bertz CT molecular complexity index is 703. The average Bonchev–Trinajstić information content (AvgIpc) is 3.22. The third kappa shape index (κ3) is 2.33. The van der Waals surface area contributed by atoms with Gasteiger partial charge in [-0.15, -0.1) is 0 Å². The second kappa shape index (κ2) is 6.29. The van der Waals surface area contributed by atoms with E-state index in [2.05, 4.69) is 6.92 Å². The lowest BCUT2D eigenvalue weighted by atomic mass is 9.43. The summed E-state index contributed by atoms with van der Waals surface area (Å²) in [6, 6.07) is 0. The molecule has 0 aromatic rings. The second-order valence-electron chi connectivity index (χ2n) is 10.6. The average molecular weight is 391 g/mol. The Hall–Kier alpha value is -0.910. The summed E-state index contributed by atoms with van der Waals surface area (Å²) < 4.78 is 5.19. The number of hydrogen-bond acceptors (Lipinski definition) is 5. The van der Waals surface area contributed by atoms with E-state index in [1.165, 1.54) is 0 Å². The summed E-state index contributed by atoms with van der Waals surface area (Å²) in [6.45, 7) is 2.78. The van der Waals surface area contributed by atoms with Crippen LogP contribution in [0.25, 0.3) is 0 Å². The number of esters is 1. The summed E-state index contributed by atoms with van der Waals surface area (Å²) >= 11 is 0. The summed E-state index contributed by atoms with van der Waals surface area (Å²) in [4.78, 5) is 11.6. The molecule has 5 nitrogen and oxygen atoms in total. The maximum absolute atomic E-state index is 12.1. The monoisotopic (exact) mass is 390 g/mol. The number of rotatable bonds is 2. The van der Waals surface area contributed by atoms with E-state index in [0.717, 1.165) is 63.4 Å². The molecule has 4 saturated carbocycles. The van der Waals surface area contributed by atoms with Crippen molar-refractivity contribution in [1.82, 2.24) is 0 Å². The molecular weight excluding hydrogens is 356 g/mol. The Morgan fingerprint density at radius 3 is 2.64 bits per heavy atom. The van der Waals surface area contributed by atoms with E-state index in [1.54, 1.807) is 6.08 Å². The number of aliphatic hydroxyl groups is 3. The molecular formula is C23H34O5. The molecule has 8 atom stereocenters. The van der Waals surface area contributed by atoms with Gasteiger partial charge in [-0.3, -0.25) is 0 Å². The molecule has 0 aromatic carbocycles. The molecule has 5 aliphatic rings. The molecule has 4 fully saturated rings. The smallest absolute Gasteiger partial charge is 0.331 e. The van der Waals surface area contributed by atoms with Gasteiger partial charge in [0.05, 0.1) is 11.7 Å². The largest absolute Gasteiger partial charge is 0.458 e. The van der Waals surface area contributed by atoms with Gasteiger partial charge in [0, 0.05) is 18.1 Å². The summed E-state index contributed by atoms with van der Waals surface area (Å²) in [5.74, 6) is 0.866. The summed E-state index contributed by atoms with van der Waals surface area (Å²) in [5.41, 5.74) is -0.0431. The first-order chi connectivity index (χ1) is 13.3. The minimum Gasteiger partial charge on any atom is -0.458 e. The first-order valence-electron chi connectivity index (χ1n) is 11.2. The van der Waals surface area contributed by atoms with Gasteiger partial charge in [0.25, 0.3) is 0 Å². The number of hydrogen-bond donors (Lipinski definition) is 3. The minimum atomic E-state index is -0.740. The van der Waals surface area contributed by atoms with Crippen molar-refractivity contribution in [2.45, 2.75) is 76.4 Å². The van der Waals surface area contributed by atoms with Gasteiger partial charge < -0.3 is 20.1 Å². The molecule has 0 bridgehead atoms. The lowest BCUT2D eigenvalue weighted by Gasteiger charge is -2.64. The maximum atomic E-state index is 12.1. The summed E-state index contributed by atoms with van der Waals surface area (Å²) in [6.07, 6.45) is 9.47. The third-order valence-corrected chi connectivity index (χ3v) is 9.95. The standard InChI is InChI=1S/C23H34O5/c1-21-7-5-18-19(3-2-15-11-16(25)4-8-22(15,18)13-24)23(21,27)9-6-17(21)14-10-20(26)28-12-14/h10,15-19,24-25,27H,2-9,11-13H2,1H3/t15-,16-,17+,18+,19-,21+,22+,23-/m0/s1. The van der Waals surface area contributed by atoms with Gasteiger partial charge in [-0.05, 0) is 92.4 Å². The van der Waals surface area contributed by atoms with E-state index >= 15 is 0 Å². The van der Waals surface area contributed by atoms with Crippen molar-refractivity contribution < 1.29 is 24.9 Å². The van der Waals surface area contributed by atoms with Crippen molar-refractivity contribution in [1.29, 1.82) is 0 Å². The van der Waals surface area contributed by atoms with Crippen molar-refractivity contribution >= 4 is 5.97 Å². The van der Waals surface area contributed by atoms with Gasteiger partial charge in [0.15, 0.2) is 0 Å². The number of carbonyl (C=O) groups is 1. The van der Waals surface area contributed by atoms with E-state index < -0.39 is 5.60 Å². The van der Waals surface area contributed by atoms with Gasteiger partial charge >= 0.3 is 5.97 Å². The molecule has 0 unspecified atom stereocenters. The molecule has 5 heteroatoms. The Morgan fingerprint density at radius 1 is 1.11 bits per heavy atom. The number of ether oxygens (including phenoxy) is 1. The van der Waals surface area contributed by atoms with Crippen LogP contribution >= 0.6 is 0 Å². The fraction of sp³-hybridized carbons (Fsp3) is 0.870. The van der Waals surface area contributed by atoms with Crippen LogP contribution in [0, 0.1) is 34.5 Å². The Kier molecular flexibility index (Phi) is 4.29. The van der Waals surface area contributed by atoms with Crippen LogP contribution in [0.1, 0.15) is 64.7 Å². The van der Waals surface area contributed by atoms with E-state index in [0.29, 0.717) is 18.4 Å². The molecule has 1 heterocycles. The first-order valence-corrected chi connectivity index (χ1v) is 11.2. The van der Waals surface area contributed by atoms with Gasteiger partial charge in [0.2, 0.25) is 0 Å². The van der Waals surface area contributed by atoms with Crippen LogP contribution in [-0.4, -0.2) is 46.2 Å². The SMILES string of the molecule is C[C@]12CC[C@@H]3[C@H](CC[C@H]4C[C@@H](O)CC[C@@]43CO)[C@@]1(O)CC[C@@H]2C1=CC(=O)OC1. The molecule has 0 radical (unpaired) electrons. The highest BCUT2D eigenvalue weighted by Gasteiger charge is 2.68. The minimum absolute atomic E-state index is 0.136. The molecule has 0 saturated heterocycles. The van der Waals surface area contributed by atoms with E-state index in [9.17, 15) is 20.1 Å². The lowest BCUT2D eigenvalue weighted by molar-refractivity contribution is -0.219. The van der Waals surface area contributed by atoms with E-state index in [4.69, 9.17) is 4.74 Å². The molecule has 28 heavy (non-hydrogen) atoms. The topological polar surface area (TPSA) is 87.0 Å². The highest BCUT2D eigenvalue weighted by atomic mass is 16.5. The van der Waals surface area contributed by atoms with Crippen LogP contribution in [0.5, 0.6) is 0 Å². The van der Waals surface area contributed by atoms with Crippen LogP contribution < -0.4 is 0 Å². The number of carbonyl (C=O) groups excluding carboxylic acids is 1. The molecule has 156 valence electrons. The molecule has 0 aromatic heterocycles. The van der Waals surface area contributed by atoms with Crippen LogP contribution in [0.4, 0.5) is 0 Å². The molecule has 1 aliphatic heterocycles. The molecule has 3 N–H and O–H groups in total. The van der Waals surface area contributed by atoms with Crippen molar-refractivity contribution in [2.75, 3.05) is 13.2 Å². The predicted octanol–water partition coefficient (Wildman–Crippen LogP) is 2.58. The van der Waals surface area contributed by atoms with Crippen molar-refractivity contribution in [2.24, 2.45) is 34.5 Å². The Morgan fingerprint density at radius 2 is 1.93 bits per heavy atom. The predicted molar refractivity (Wildman–Crippen MR) is 103 cm³/mol. The van der Waals surface area contributed by atoms with E-state index in [-0.39, 0.29) is 41.3 Å². The van der Waals surface area contributed by atoms with Gasteiger partial charge in [-0.1, -0.05) is 6.92 Å². The van der Waals surface area contributed by atoms with Gasteiger partial charge in [0.1, 0.15) is 6.61 Å². The second-order valence-corrected chi connectivity index (χ2v) is 10.6. The first kappa shape index (κ1) is 19.1. The number of aliphatic hydroxyl groups excluding tert-OH is 2. The van der Waals surface area contributed by atoms with E-state index in [1.807, 2.05) is 0 Å². The van der Waals surface area contributed by atoms with Crippen LogP contribution in [0.2, 0.25) is 0 Å². The van der Waals surface area contributed by atoms with Crippen molar-refractivity contribution in [3.63, 3.8) is 0 Å². The van der Waals surface area contributed by atoms with Crippen LogP contribution in [0.3, 0.4) is 0 Å². The molecule has 5 rings (SSSR count). The molecule has 4 aliphatic carbocycles. The third-order valence-electron chi connectivity index (χ3n) is 9.95. The van der Waals surface area contributed by atoms with Crippen molar-refractivity contribution in [3.05, 3.63) is 11.6 Å².